The van der Waals surface area contributed by atoms with Gasteiger partial charge in [0.05, 0.1) is 76.7 Å². The second-order valence-corrected chi connectivity index (χ2v) is 14.4. The topological polar surface area (TPSA) is 240 Å². The van der Waals surface area contributed by atoms with Crippen LogP contribution in [0.2, 0.25) is 0 Å². The number of rotatable bonds is 26. The summed E-state index contributed by atoms with van der Waals surface area (Å²) in [6, 6.07) is 27.7. The summed E-state index contributed by atoms with van der Waals surface area (Å²) in [5.74, 6) is 4.32. The molecule has 0 radical (unpaired) electrons. The van der Waals surface area contributed by atoms with E-state index in [1.807, 2.05) is 30.3 Å². The molecule has 18 heteroatoms. The highest BCUT2D eigenvalue weighted by Crippen LogP contribution is 2.23. The number of nitrogens with zero attached hydrogens (tertiary/aromatic N) is 3. The van der Waals surface area contributed by atoms with Crippen LogP contribution in [-0.4, -0.2) is 118 Å². The Bertz CT molecular complexity index is 2480. The number of nitrogens with two attached hydrogens (primary N) is 1. The van der Waals surface area contributed by atoms with Gasteiger partial charge in [-0.3, -0.25) is 19.3 Å². The Balaban J connectivity index is 0.867. The maximum absolute atomic E-state index is 13.3. The molecule has 5 aromatic rings. The Morgan fingerprint density at radius 2 is 1.38 bits per heavy atom. The number of carbonyl (C=O) groups is 4. The molecule has 1 aliphatic heterocycles. The van der Waals surface area contributed by atoms with Crippen molar-refractivity contribution >= 4 is 52.3 Å². The predicted octanol–water partition coefficient (Wildman–Crippen LogP) is 4.12. The monoisotopic (exact) mass is 891 g/mol. The SMILES string of the molecule is NN=C(C=Nc1cc2ccc(O)cc2oc1=O)COc1ccc(CC(NC(=O)CCOCCOCCOCCOCCN2C(=O)c3ccccc3C2=O)C(=O)OCc2ccccc2)cc1. The lowest BCUT2D eigenvalue weighted by molar-refractivity contribution is -0.149. The maximum atomic E-state index is 13.3. The summed E-state index contributed by atoms with van der Waals surface area (Å²) in [5, 5.41) is 16.7. The lowest BCUT2D eigenvalue weighted by atomic mass is 10.1. The molecule has 0 bridgehead atoms. The van der Waals surface area contributed by atoms with Crippen LogP contribution < -0.4 is 21.5 Å². The molecule has 4 aromatic carbocycles. The van der Waals surface area contributed by atoms with Crippen LogP contribution in [0.5, 0.6) is 11.5 Å². The van der Waals surface area contributed by atoms with E-state index in [0.29, 0.717) is 48.7 Å². The zero-order chi connectivity index (χ0) is 45.8. The van der Waals surface area contributed by atoms with E-state index in [0.717, 1.165) is 11.1 Å². The minimum atomic E-state index is -0.992. The molecule has 1 atom stereocenters. The van der Waals surface area contributed by atoms with Crippen molar-refractivity contribution in [3.8, 4) is 11.5 Å². The van der Waals surface area contributed by atoms with Crippen molar-refractivity contribution in [2.75, 3.05) is 66.0 Å². The second-order valence-electron chi connectivity index (χ2n) is 14.4. The molecule has 0 spiro atoms. The molecule has 3 amide bonds. The zero-order valence-electron chi connectivity index (χ0n) is 35.4. The van der Waals surface area contributed by atoms with Crippen LogP contribution in [0.15, 0.2) is 122 Å². The van der Waals surface area contributed by atoms with Crippen molar-refractivity contribution < 1.29 is 57.1 Å². The Labute approximate surface area is 373 Å². The molecule has 1 unspecified atom stereocenters. The summed E-state index contributed by atoms with van der Waals surface area (Å²) in [7, 11) is 0. The number of phenols is 1. The summed E-state index contributed by atoms with van der Waals surface area (Å²) in [4.78, 5) is 68.8. The number of carbonyl (C=O) groups excluding carboxylic acids is 4. The van der Waals surface area contributed by atoms with Crippen molar-refractivity contribution in [1.29, 1.82) is 0 Å². The third-order valence-corrected chi connectivity index (χ3v) is 9.74. The van der Waals surface area contributed by atoms with Gasteiger partial charge >= 0.3 is 11.6 Å². The van der Waals surface area contributed by atoms with Crippen LogP contribution >= 0.6 is 0 Å². The van der Waals surface area contributed by atoms with Gasteiger partial charge in [0, 0.05) is 24.3 Å². The fraction of sp³-hybridized carbons (Fsp3) is 0.298. The predicted molar refractivity (Wildman–Crippen MR) is 237 cm³/mol. The molecule has 2 heterocycles. The number of amides is 3. The van der Waals surface area contributed by atoms with E-state index in [-0.39, 0.29) is 93.6 Å². The third-order valence-electron chi connectivity index (χ3n) is 9.74. The molecular weight excluding hydrogens is 843 g/mol. The summed E-state index contributed by atoms with van der Waals surface area (Å²) < 4.78 is 38.7. The molecule has 65 heavy (non-hydrogen) atoms. The molecule has 0 aliphatic carbocycles. The van der Waals surface area contributed by atoms with E-state index in [1.165, 1.54) is 29.3 Å². The highest BCUT2D eigenvalue weighted by atomic mass is 16.6. The van der Waals surface area contributed by atoms with Crippen LogP contribution in [0.25, 0.3) is 11.0 Å². The van der Waals surface area contributed by atoms with E-state index in [9.17, 15) is 29.1 Å². The summed E-state index contributed by atoms with van der Waals surface area (Å²) in [5.41, 5.74) is 2.07. The molecule has 4 N–H and O–H groups in total. The average Bonchev–Trinajstić information content (AvgIpc) is 3.56. The first kappa shape index (κ1) is 47.2. The maximum Gasteiger partial charge on any atom is 0.362 e. The zero-order valence-corrected chi connectivity index (χ0v) is 35.4. The van der Waals surface area contributed by atoms with Crippen molar-refractivity contribution in [1.82, 2.24) is 10.2 Å². The summed E-state index contributed by atoms with van der Waals surface area (Å²) in [6.45, 7) is 2.18. The number of fused-ring (bicyclic) bond motifs is 2. The molecular formula is C47H49N5O13. The quantitative estimate of drug-likeness (QED) is 0.0135. The molecule has 1 aliphatic rings. The average molecular weight is 892 g/mol. The van der Waals surface area contributed by atoms with Gasteiger partial charge < -0.3 is 49.1 Å². The van der Waals surface area contributed by atoms with Gasteiger partial charge in [-0.05, 0) is 53.6 Å². The molecule has 340 valence electrons. The lowest BCUT2D eigenvalue weighted by Crippen LogP contribution is -2.43. The molecule has 0 fully saturated rings. The van der Waals surface area contributed by atoms with Crippen molar-refractivity contribution in [3.05, 3.63) is 136 Å². The molecule has 0 saturated carbocycles. The highest BCUT2D eigenvalue weighted by molar-refractivity contribution is 6.31. The third kappa shape index (κ3) is 14.4. The van der Waals surface area contributed by atoms with Gasteiger partial charge in [0.2, 0.25) is 5.91 Å². The van der Waals surface area contributed by atoms with Crippen LogP contribution in [0.1, 0.15) is 38.3 Å². The lowest BCUT2D eigenvalue weighted by Gasteiger charge is -2.18. The first-order chi connectivity index (χ1) is 31.7. The number of aromatic hydroxyl groups is 1. The van der Waals surface area contributed by atoms with Crippen LogP contribution in [0, 0.1) is 0 Å². The normalized spacial score (nSPS) is 13.0. The van der Waals surface area contributed by atoms with Crippen molar-refractivity contribution in [3.63, 3.8) is 0 Å². The fourth-order valence-corrected chi connectivity index (χ4v) is 6.36. The number of esters is 1. The summed E-state index contributed by atoms with van der Waals surface area (Å²) >= 11 is 0. The molecule has 6 rings (SSSR count). The Kier molecular flexibility index (Phi) is 17.8. The first-order valence-electron chi connectivity index (χ1n) is 20.7. The van der Waals surface area contributed by atoms with E-state index >= 15 is 0 Å². The number of imide groups is 1. The van der Waals surface area contributed by atoms with Gasteiger partial charge in [0.15, 0.2) is 0 Å². The number of hydrazone groups is 1. The van der Waals surface area contributed by atoms with Crippen molar-refractivity contribution in [2.24, 2.45) is 15.9 Å². The van der Waals surface area contributed by atoms with Gasteiger partial charge in [0.25, 0.3) is 11.8 Å². The minimum absolute atomic E-state index is 0.00395. The van der Waals surface area contributed by atoms with E-state index in [4.69, 9.17) is 38.7 Å². The number of phenolic OH excluding ortho intramolecular Hbond substituents is 1. The smallest absolute Gasteiger partial charge is 0.362 e. The van der Waals surface area contributed by atoms with E-state index < -0.39 is 23.5 Å². The molecule has 1 aromatic heterocycles. The number of ether oxygens (including phenoxy) is 6. The first-order valence-corrected chi connectivity index (χ1v) is 20.7. The minimum Gasteiger partial charge on any atom is -0.508 e. The standard InChI is InChI=1S/C47H49N5O13/c48-51-35(29-49-40-27-34-12-13-36(53)28-42(34)65-47(40)58)31-63-37-14-10-32(11-15-37)26-41(46(57)64-30-33-6-2-1-3-7-33)50-43(54)16-18-59-20-22-61-24-25-62-23-21-60-19-17-52-44(55)38-8-4-5-9-39(38)45(52)56/h1-15,27-29,41,53H,16-26,30-31,48H2,(H,50,54). The van der Waals surface area contributed by atoms with Gasteiger partial charge in [0.1, 0.15) is 47.7 Å². The number of hydrogen-bond donors (Lipinski definition) is 3. The van der Waals surface area contributed by atoms with Crippen LogP contribution in [0.3, 0.4) is 0 Å². The largest absolute Gasteiger partial charge is 0.508 e. The number of hydrogen-bond acceptors (Lipinski definition) is 16. The fourth-order valence-electron chi connectivity index (χ4n) is 6.36. The van der Waals surface area contributed by atoms with Crippen molar-refractivity contribution in [2.45, 2.75) is 25.5 Å². The molecule has 18 nitrogen and oxygen atoms in total. The Morgan fingerprint density at radius 3 is 2.05 bits per heavy atom. The summed E-state index contributed by atoms with van der Waals surface area (Å²) in [6.07, 6.45) is 1.41. The number of nitrogens with one attached hydrogen (secondary N) is 1. The molecule has 0 saturated heterocycles. The van der Waals surface area contributed by atoms with Crippen LogP contribution in [-0.2, 0) is 46.3 Å². The van der Waals surface area contributed by atoms with Gasteiger partial charge in [-0.1, -0.05) is 54.6 Å². The van der Waals surface area contributed by atoms with Gasteiger partial charge in [-0.2, -0.15) is 5.10 Å². The highest BCUT2D eigenvalue weighted by Gasteiger charge is 2.34. The van der Waals surface area contributed by atoms with E-state index in [2.05, 4.69) is 15.4 Å². The van der Waals surface area contributed by atoms with Gasteiger partial charge in [-0.25, -0.2) is 14.6 Å². The second kappa shape index (κ2) is 24.6. The van der Waals surface area contributed by atoms with Crippen LogP contribution in [0.4, 0.5) is 5.69 Å². The van der Waals surface area contributed by atoms with Gasteiger partial charge in [-0.15, -0.1) is 0 Å². The Morgan fingerprint density at radius 1 is 0.754 bits per heavy atom. The number of benzene rings is 4. The number of aliphatic imine (C=N–C) groups is 1. The van der Waals surface area contributed by atoms with E-state index in [1.54, 1.807) is 54.6 Å². The Hall–Kier alpha value is -7.25.